The van der Waals surface area contributed by atoms with E-state index in [4.69, 9.17) is 9.47 Å². The number of benzene rings is 1. The first kappa shape index (κ1) is 12.0. The van der Waals surface area contributed by atoms with Gasteiger partial charge in [0, 0.05) is 6.07 Å². The number of nitrogens with zero attached hydrogens (tertiary/aromatic N) is 2. The van der Waals surface area contributed by atoms with E-state index in [0.717, 1.165) is 5.69 Å². The van der Waals surface area contributed by atoms with E-state index >= 15 is 0 Å². The third kappa shape index (κ3) is 2.38. The zero-order valence-corrected chi connectivity index (χ0v) is 10.5. The molecule has 1 aromatic carbocycles. The maximum Gasteiger partial charge on any atom is 0.164 e. The summed E-state index contributed by atoms with van der Waals surface area (Å²) in [6.45, 7) is 2.90. The van der Waals surface area contributed by atoms with Gasteiger partial charge in [0.1, 0.15) is 19.0 Å². The molecule has 2 heterocycles. The Kier molecular flexibility index (Phi) is 3.06. The first-order valence-corrected chi connectivity index (χ1v) is 6.17. The van der Waals surface area contributed by atoms with Crippen LogP contribution in [0.2, 0.25) is 0 Å². The van der Waals surface area contributed by atoms with Crippen molar-refractivity contribution in [2.45, 2.75) is 19.3 Å². The summed E-state index contributed by atoms with van der Waals surface area (Å²) in [5, 5.41) is 10.3. The molecule has 1 unspecified atom stereocenters. The smallest absolute Gasteiger partial charge is 0.164 e. The topological polar surface area (TPSA) is 60.0 Å². The molecule has 0 spiro atoms. The van der Waals surface area contributed by atoms with E-state index in [1.165, 1.54) is 6.07 Å². The van der Waals surface area contributed by atoms with E-state index < -0.39 is 0 Å². The highest BCUT2D eigenvalue weighted by Gasteiger charge is 2.19. The molecule has 19 heavy (non-hydrogen) atoms. The Bertz CT molecular complexity index is 572. The predicted molar refractivity (Wildman–Crippen MR) is 65.9 cm³/mol. The molecule has 0 aliphatic carbocycles. The second kappa shape index (κ2) is 4.87. The van der Waals surface area contributed by atoms with Crippen LogP contribution >= 0.6 is 0 Å². The fraction of sp³-hybridized carbons (Fsp3) is 0.385. The summed E-state index contributed by atoms with van der Waals surface area (Å²) >= 11 is 0. The van der Waals surface area contributed by atoms with Crippen molar-refractivity contribution in [3.8, 4) is 11.5 Å². The van der Waals surface area contributed by atoms with Gasteiger partial charge in [-0.1, -0.05) is 6.92 Å². The highest BCUT2D eigenvalue weighted by atomic mass is 19.1. The van der Waals surface area contributed by atoms with E-state index in [-0.39, 0.29) is 11.7 Å². The molecule has 3 rings (SSSR count). The molecule has 0 amide bonds. The largest absolute Gasteiger partial charge is 0.486 e. The number of aromatic nitrogens is 3. The van der Waals surface area contributed by atoms with Crippen LogP contribution in [0.4, 0.5) is 4.39 Å². The summed E-state index contributed by atoms with van der Waals surface area (Å²) in [6.07, 6.45) is 2.26. The van der Waals surface area contributed by atoms with Gasteiger partial charge in [0.2, 0.25) is 0 Å². The van der Waals surface area contributed by atoms with Crippen molar-refractivity contribution in [3.63, 3.8) is 0 Å². The van der Waals surface area contributed by atoms with Crippen LogP contribution in [-0.4, -0.2) is 28.6 Å². The van der Waals surface area contributed by atoms with E-state index in [9.17, 15) is 4.39 Å². The Labute approximate surface area is 109 Å². The minimum Gasteiger partial charge on any atom is -0.486 e. The number of aromatic amines is 1. The lowest BCUT2D eigenvalue weighted by molar-refractivity contribution is 0.170. The summed E-state index contributed by atoms with van der Waals surface area (Å²) in [5.74, 6) is 0.789. The summed E-state index contributed by atoms with van der Waals surface area (Å²) in [7, 11) is 0. The van der Waals surface area contributed by atoms with Crippen molar-refractivity contribution < 1.29 is 13.9 Å². The Morgan fingerprint density at radius 3 is 2.74 bits per heavy atom. The molecule has 1 N–H and O–H groups in total. The lowest BCUT2D eigenvalue weighted by atomic mass is 9.95. The SMILES string of the molecule is CC(Cc1cn[nH]n1)c1cc2c(cc1F)OCCO2. The lowest BCUT2D eigenvalue weighted by Crippen LogP contribution is -2.16. The van der Waals surface area contributed by atoms with Crippen LogP contribution in [-0.2, 0) is 6.42 Å². The van der Waals surface area contributed by atoms with Gasteiger partial charge in [-0.25, -0.2) is 4.39 Å². The number of H-pyrrole nitrogens is 1. The molecular weight excluding hydrogens is 249 g/mol. The van der Waals surface area contributed by atoms with Crippen molar-refractivity contribution >= 4 is 0 Å². The third-order valence-electron chi connectivity index (χ3n) is 3.17. The Balaban J connectivity index is 1.87. The van der Waals surface area contributed by atoms with E-state index in [1.807, 2.05) is 6.92 Å². The molecule has 2 aromatic rings. The van der Waals surface area contributed by atoms with Crippen molar-refractivity contribution in [2.75, 3.05) is 13.2 Å². The normalized spacial score (nSPS) is 15.3. The maximum absolute atomic E-state index is 14.1. The second-order valence-electron chi connectivity index (χ2n) is 4.58. The molecule has 1 aromatic heterocycles. The number of hydrogen-bond donors (Lipinski definition) is 1. The molecular formula is C13H14FN3O2. The van der Waals surface area contributed by atoms with Crippen LogP contribution in [0.25, 0.3) is 0 Å². The minimum absolute atomic E-state index is 0.0130. The third-order valence-corrected chi connectivity index (χ3v) is 3.17. The van der Waals surface area contributed by atoms with Crippen molar-refractivity contribution in [1.82, 2.24) is 15.4 Å². The molecule has 0 saturated carbocycles. The molecule has 1 aliphatic rings. The van der Waals surface area contributed by atoms with Crippen molar-refractivity contribution in [2.24, 2.45) is 0 Å². The number of fused-ring (bicyclic) bond motifs is 1. The first-order chi connectivity index (χ1) is 9.24. The van der Waals surface area contributed by atoms with Gasteiger partial charge in [-0.2, -0.15) is 15.4 Å². The average Bonchev–Trinajstić information content (AvgIpc) is 2.90. The van der Waals surface area contributed by atoms with Gasteiger partial charge >= 0.3 is 0 Å². The van der Waals surface area contributed by atoms with Crippen LogP contribution in [0.5, 0.6) is 11.5 Å². The standard InChI is InChI=1S/C13H14FN3O2/c1-8(4-9-7-15-17-16-9)10-5-12-13(6-11(10)14)19-3-2-18-12/h5-8H,2-4H2,1H3,(H,15,16,17). The summed E-state index contributed by atoms with van der Waals surface area (Å²) in [4.78, 5) is 0. The molecule has 1 aliphatic heterocycles. The summed E-state index contributed by atoms with van der Waals surface area (Å²) in [5.41, 5.74) is 1.41. The molecule has 5 nitrogen and oxygen atoms in total. The van der Waals surface area contributed by atoms with E-state index in [1.54, 1.807) is 12.3 Å². The number of ether oxygens (including phenoxy) is 2. The summed E-state index contributed by atoms with van der Waals surface area (Å²) < 4.78 is 24.9. The Morgan fingerprint density at radius 2 is 2.05 bits per heavy atom. The highest BCUT2D eigenvalue weighted by Crippen LogP contribution is 2.35. The van der Waals surface area contributed by atoms with Gasteiger partial charge in [-0.15, -0.1) is 0 Å². The monoisotopic (exact) mass is 263 g/mol. The number of nitrogens with one attached hydrogen (secondary N) is 1. The first-order valence-electron chi connectivity index (χ1n) is 6.17. The van der Waals surface area contributed by atoms with Crippen LogP contribution in [0.3, 0.4) is 0 Å². The number of halogens is 1. The zero-order valence-electron chi connectivity index (χ0n) is 10.5. The average molecular weight is 263 g/mol. The molecule has 0 radical (unpaired) electrons. The predicted octanol–water partition coefficient (Wildman–Crippen LogP) is 2.06. The van der Waals surface area contributed by atoms with Crippen LogP contribution in [0, 0.1) is 5.82 Å². The van der Waals surface area contributed by atoms with Gasteiger partial charge in [0.15, 0.2) is 11.5 Å². The molecule has 0 fully saturated rings. The van der Waals surface area contributed by atoms with E-state index in [0.29, 0.717) is 36.7 Å². The molecule has 0 saturated heterocycles. The van der Waals surface area contributed by atoms with Gasteiger partial charge in [0.25, 0.3) is 0 Å². The Morgan fingerprint density at radius 1 is 1.32 bits per heavy atom. The van der Waals surface area contributed by atoms with Crippen molar-refractivity contribution in [1.29, 1.82) is 0 Å². The highest BCUT2D eigenvalue weighted by molar-refractivity contribution is 5.45. The van der Waals surface area contributed by atoms with Gasteiger partial charge in [-0.05, 0) is 24.0 Å². The Hall–Kier alpha value is -2.11. The second-order valence-corrected chi connectivity index (χ2v) is 4.58. The zero-order chi connectivity index (χ0) is 13.2. The fourth-order valence-corrected chi connectivity index (χ4v) is 2.20. The molecule has 1 atom stereocenters. The minimum atomic E-state index is -0.278. The fourth-order valence-electron chi connectivity index (χ4n) is 2.20. The quantitative estimate of drug-likeness (QED) is 0.920. The van der Waals surface area contributed by atoms with Crippen LogP contribution < -0.4 is 9.47 Å². The molecule has 100 valence electrons. The van der Waals surface area contributed by atoms with Gasteiger partial charge in [0.05, 0.1) is 11.9 Å². The maximum atomic E-state index is 14.1. The van der Waals surface area contributed by atoms with Crippen LogP contribution in [0.15, 0.2) is 18.3 Å². The van der Waals surface area contributed by atoms with E-state index in [2.05, 4.69) is 15.4 Å². The van der Waals surface area contributed by atoms with Crippen LogP contribution in [0.1, 0.15) is 24.1 Å². The summed E-state index contributed by atoms with van der Waals surface area (Å²) in [6, 6.07) is 3.11. The van der Waals surface area contributed by atoms with Gasteiger partial charge < -0.3 is 9.47 Å². The van der Waals surface area contributed by atoms with Crippen molar-refractivity contribution in [3.05, 3.63) is 35.4 Å². The number of hydrogen-bond acceptors (Lipinski definition) is 4. The molecule has 6 heteroatoms. The molecule has 0 bridgehead atoms. The number of rotatable bonds is 3. The van der Waals surface area contributed by atoms with Gasteiger partial charge in [-0.3, -0.25) is 0 Å². The lowest BCUT2D eigenvalue weighted by Gasteiger charge is -2.21.